The highest BCUT2D eigenvalue weighted by molar-refractivity contribution is 7.19. The van der Waals surface area contributed by atoms with Crippen molar-refractivity contribution in [2.24, 2.45) is 0 Å². The predicted molar refractivity (Wildman–Crippen MR) is 68.5 cm³/mol. The highest BCUT2D eigenvalue weighted by Crippen LogP contribution is 2.26. The van der Waals surface area contributed by atoms with Gasteiger partial charge >= 0.3 is 5.97 Å². The molecule has 0 aliphatic carbocycles. The van der Waals surface area contributed by atoms with Crippen molar-refractivity contribution in [3.05, 3.63) is 22.0 Å². The van der Waals surface area contributed by atoms with Crippen molar-refractivity contribution in [2.75, 3.05) is 6.61 Å². The first-order valence-electron chi connectivity index (χ1n) is 5.63. The Morgan fingerprint density at radius 3 is 2.61 bits per heavy atom. The molecule has 0 aromatic carbocycles. The summed E-state index contributed by atoms with van der Waals surface area (Å²) in [7, 11) is 0. The van der Waals surface area contributed by atoms with Gasteiger partial charge in [-0.25, -0.2) is 9.78 Å². The van der Waals surface area contributed by atoms with Crippen molar-refractivity contribution in [2.45, 2.75) is 27.7 Å². The molecule has 0 fully saturated rings. The van der Waals surface area contributed by atoms with E-state index >= 15 is 0 Å². The van der Waals surface area contributed by atoms with Crippen molar-refractivity contribution >= 4 is 28.1 Å². The van der Waals surface area contributed by atoms with Gasteiger partial charge in [0.2, 0.25) is 0 Å². The number of hydrogen-bond acceptors (Lipinski definition) is 5. The molecule has 0 N–H and O–H groups in total. The summed E-state index contributed by atoms with van der Waals surface area (Å²) in [4.78, 5) is 29.0. The monoisotopic (exact) mass is 266 g/mol. The molecule has 2 rings (SSSR count). The number of aromatic nitrogens is 2. The maximum absolute atomic E-state index is 11.9. The van der Waals surface area contributed by atoms with Gasteiger partial charge in [0.05, 0.1) is 17.2 Å². The van der Waals surface area contributed by atoms with Crippen LogP contribution >= 0.6 is 11.3 Å². The van der Waals surface area contributed by atoms with Crippen LogP contribution in [0, 0.1) is 13.8 Å². The minimum absolute atomic E-state index is 0.0181. The maximum Gasteiger partial charge on any atom is 0.357 e. The van der Waals surface area contributed by atoms with Gasteiger partial charge in [-0.1, -0.05) is 11.3 Å². The van der Waals surface area contributed by atoms with Crippen LogP contribution in [0.5, 0.6) is 0 Å². The van der Waals surface area contributed by atoms with Gasteiger partial charge in [-0.05, 0) is 20.8 Å². The molecule has 0 saturated carbocycles. The van der Waals surface area contributed by atoms with Crippen LogP contribution in [0.3, 0.4) is 0 Å². The molecule has 96 valence electrons. The fraction of sp³-hybridized carbons (Fsp3) is 0.417. The second kappa shape index (κ2) is 4.53. The molecular formula is C12H14N2O3S. The zero-order valence-corrected chi connectivity index (χ0v) is 11.6. The molecule has 0 radical (unpaired) electrons. The molecule has 6 heteroatoms. The van der Waals surface area contributed by atoms with E-state index in [0.29, 0.717) is 27.8 Å². The summed E-state index contributed by atoms with van der Waals surface area (Å²) in [5.74, 6) is -0.422. The maximum atomic E-state index is 11.9. The molecule has 0 spiro atoms. The molecule has 18 heavy (non-hydrogen) atoms. The van der Waals surface area contributed by atoms with E-state index < -0.39 is 5.97 Å². The standard InChI is InChI=1S/C12H14N2O3S/c1-5-17-11(16)9-6(2)13-12-14(9)7(3)10(18-12)8(4)15/h5H2,1-4H3. The Balaban J connectivity index is 2.69. The van der Waals surface area contributed by atoms with E-state index in [9.17, 15) is 9.59 Å². The Labute approximate surface area is 108 Å². The zero-order valence-electron chi connectivity index (χ0n) is 10.7. The lowest BCUT2D eigenvalue weighted by atomic mass is 10.3. The number of esters is 1. The number of thiazole rings is 1. The lowest BCUT2D eigenvalue weighted by Gasteiger charge is -2.03. The van der Waals surface area contributed by atoms with Crippen LogP contribution in [-0.4, -0.2) is 27.7 Å². The molecule has 2 aromatic rings. The van der Waals surface area contributed by atoms with Gasteiger partial charge in [-0.2, -0.15) is 0 Å². The average Bonchev–Trinajstić information content (AvgIpc) is 2.75. The predicted octanol–water partition coefficient (Wildman–Crippen LogP) is 2.39. The zero-order chi connectivity index (χ0) is 13.4. The van der Waals surface area contributed by atoms with E-state index in [1.807, 2.05) is 6.92 Å². The van der Waals surface area contributed by atoms with Crippen LogP contribution in [0.2, 0.25) is 0 Å². The fourth-order valence-electron chi connectivity index (χ4n) is 1.92. The highest BCUT2D eigenvalue weighted by atomic mass is 32.1. The topological polar surface area (TPSA) is 60.7 Å². The number of ether oxygens (including phenoxy) is 1. The third-order valence-electron chi connectivity index (χ3n) is 2.67. The van der Waals surface area contributed by atoms with Gasteiger partial charge in [-0.3, -0.25) is 9.20 Å². The minimum atomic E-state index is -0.404. The van der Waals surface area contributed by atoms with Gasteiger partial charge in [0.1, 0.15) is 0 Å². The number of carbonyl (C=O) groups excluding carboxylic acids is 2. The van der Waals surface area contributed by atoms with Gasteiger partial charge in [0.15, 0.2) is 16.4 Å². The summed E-state index contributed by atoms with van der Waals surface area (Å²) in [5, 5.41) is 0. The number of fused-ring (bicyclic) bond motifs is 1. The van der Waals surface area contributed by atoms with Gasteiger partial charge in [0.25, 0.3) is 0 Å². The Morgan fingerprint density at radius 1 is 1.39 bits per heavy atom. The van der Waals surface area contributed by atoms with Crippen LogP contribution < -0.4 is 0 Å². The number of carbonyl (C=O) groups is 2. The number of ketones is 1. The number of nitrogens with zero attached hydrogens (tertiary/aromatic N) is 2. The van der Waals surface area contributed by atoms with Crippen molar-refractivity contribution in [1.82, 2.24) is 9.38 Å². The van der Waals surface area contributed by atoms with Crippen LogP contribution in [0.1, 0.15) is 45.4 Å². The van der Waals surface area contributed by atoms with E-state index in [-0.39, 0.29) is 5.78 Å². The first-order valence-corrected chi connectivity index (χ1v) is 6.45. The summed E-state index contributed by atoms with van der Waals surface area (Å²) >= 11 is 1.30. The number of Topliss-reactive ketones (excluding diaryl/α,β-unsaturated/α-hetero) is 1. The van der Waals surface area contributed by atoms with Crippen molar-refractivity contribution < 1.29 is 14.3 Å². The van der Waals surface area contributed by atoms with E-state index in [1.165, 1.54) is 18.3 Å². The smallest absolute Gasteiger partial charge is 0.357 e. The normalized spacial score (nSPS) is 10.9. The number of imidazole rings is 1. The van der Waals surface area contributed by atoms with E-state index in [0.717, 1.165) is 5.69 Å². The first kappa shape index (κ1) is 12.8. The Kier molecular flexibility index (Phi) is 3.21. The van der Waals surface area contributed by atoms with Crippen LogP contribution in [0.25, 0.3) is 4.96 Å². The molecule has 0 atom stereocenters. The Hall–Kier alpha value is -1.69. The average molecular weight is 266 g/mol. The molecule has 5 nitrogen and oxygen atoms in total. The van der Waals surface area contributed by atoms with Gasteiger partial charge in [-0.15, -0.1) is 0 Å². The summed E-state index contributed by atoms with van der Waals surface area (Å²) in [6, 6.07) is 0. The molecule has 0 unspecified atom stereocenters. The summed E-state index contributed by atoms with van der Waals surface area (Å²) in [6.45, 7) is 7.15. The summed E-state index contributed by atoms with van der Waals surface area (Å²) in [6.07, 6.45) is 0. The third kappa shape index (κ3) is 1.82. The van der Waals surface area contributed by atoms with Crippen molar-refractivity contribution in [3.8, 4) is 0 Å². The molecule has 2 heterocycles. The third-order valence-corrected chi connectivity index (χ3v) is 3.91. The van der Waals surface area contributed by atoms with Crippen molar-refractivity contribution in [1.29, 1.82) is 0 Å². The van der Waals surface area contributed by atoms with E-state index in [4.69, 9.17) is 4.74 Å². The highest BCUT2D eigenvalue weighted by Gasteiger charge is 2.23. The van der Waals surface area contributed by atoms with Crippen LogP contribution in [-0.2, 0) is 4.74 Å². The largest absolute Gasteiger partial charge is 0.461 e. The summed E-state index contributed by atoms with van der Waals surface area (Å²) < 4.78 is 6.72. The molecule has 0 amide bonds. The number of hydrogen-bond donors (Lipinski definition) is 0. The summed E-state index contributed by atoms with van der Waals surface area (Å²) in [5.41, 5.74) is 1.78. The molecule has 2 aromatic heterocycles. The molecule has 0 aliphatic heterocycles. The Morgan fingerprint density at radius 2 is 2.06 bits per heavy atom. The quantitative estimate of drug-likeness (QED) is 0.632. The molecule has 0 saturated heterocycles. The lowest BCUT2D eigenvalue weighted by molar-refractivity contribution is 0.0517. The molecule has 0 aliphatic rings. The fourth-order valence-corrected chi connectivity index (χ4v) is 2.98. The first-order chi connectivity index (χ1) is 8.47. The second-order valence-electron chi connectivity index (χ2n) is 3.96. The minimum Gasteiger partial charge on any atom is -0.461 e. The van der Waals surface area contributed by atoms with E-state index in [2.05, 4.69) is 4.98 Å². The Bertz CT molecular complexity index is 639. The van der Waals surface area contributed by atoms with Crippen LogP contribution in [0.15, 0.2) is 0 Å². The van der Waals surface area contributed by atoms with Gasteiger partial charge in [0, 0.05) is 12.6 Å². The van der Waals surface area contributed by atoms with Gasteiger partial charge < -0.3 is 4.74 Å². The lowest BCUT2D eigenvalue weighted by Crippen LogP contribution is -2.10. The number of rotatable bonds is 3. The SMILES string of the molecule is CCOC(=O)c1c(C)nc2sc(C(C)=O)c(C)n12. The van der Waals surface area contributed by atoms with E-state index in [1.54, 1.807) is 18.2 Å². The number of aryl methyl sites for hydroxylation is 2. The van der Waals surface area contributed by atoms with Crippen molar-refractivity contribution in [3.63, 3.8) is 0 Å². The molecular weight excluding hydrogens is 252 g/mol. The molecule has 0 bridgehead atoms. The second-order valence-corrected chi connectivity index (χ2v) is 4.93. The van der Waals surface area contributed by atoms with Crippen LogP contribution in [0.4, 0.5) is 0 Å².